The summed E-state index contributed by atoms with van der Waals surface area (Å²) in [5, 5.41) is 7.53. The van der Waals surface area contributed by atoms with Crippen molar-refractivity contribution in [2.45, 2.75) is 0 Å². The van der Waals surface area contributed by atoms with E-state index in [0.717, 1.165) is 0 Å². The molecule has 0 amide bonds. The Kier molecular flexibility index (Phi) is 2.23. The van der Waals surface area contributed by atoms with Crippen LogP contribution in [-0.4, -0.2) is 30.1 Å². The van der Waals surface area contributed by atoms with Gasteiger partial charge in [-0.05, 0) is 0 Å². The molecule has 4 heteroatoms. The number of hydrogen-bond donors (Lipinski definition) is 2. The third kappa shape index (κ3) is 3.99. The fourth-order valence-electron chi connectivity index (χ4n) is 0. The molecule has 0 saturated heterocycles. The van der Waals surface area contributed by atoms with Crippen molar-refractivity contribution in [1.82, 2.24) is 0 Å². The Morgan fingerprint density at radius 3 is 2.00 bits per heavy atom. The van der Waals surface area contributed by atoms with E-state index in [1.54, 1.807) is 0 Å². The van der Waals surface area contributed by atoms with Gasteiger partial charge >= 0.3 is 34.8 Å². The second-order valence-electron chi connectivity index (χ2n) is 0.417. The van der Waals surface area contributed by atoms with E-state index in [1.807, 2.05) is 0 Å². The van der Waals surface area contributed by atoms with E-state index < -0.39 is 20.9 Å². The monoisotopic (exact) mass is 138 g/mol. The summed E-state index contributed by atoms with van der Waals surface area (Å²) in [5.74, 6) is 0. The van der Waals surface area contributed by atoms with Gasteiger partial charge in [0.25, 0.3) is 0 Å². The molecular formula is CH3AsO3. The van der Waals surface area contributed by atoms with Gasteiger partial charge in [-0.3, -0.25) is 0 Å². The maximum absolute atomic E-state index is 9.17. The van der Waals surface area contributed by atoms with Gasteiger partial charge in [-0.2, -0.15) is 0 Å². The molecule has 1 atom stereocenters. The van der Waals surface area contributed by atoms with Crippen LogP contribution in [0.15, 0.2) is 0 Å². The van der Waals surface area contributed by atoms with E-state index in [-0.39, 0.29) is 0 Å². The van der Waals surface area contributed by atoms with Crippen LogP contribution >= 0.6 is 0 Å². The average Bonchev–Trinajstić information content (AvgIpc) is 1.38. The van der Waals surface area contributed by atoms with Crippen LogP contribution in [0.25, 0.3) is 0 Å². The van der Waals surface area contributed by atoms with Gasteiger partial charge in [0.1, 0.15) is 0 Å². The van der Waals surface area contributed by atoms with Crippen LogP contribution in [0, 0.1) is 0 Å². The topological polar surface area (TPSA) is 57.5 Å². The SMILES string of the molecule is O=C(O)[AsH]O. The van der Waals surface area contributed by atoms with Crippen molar-refractivity contribution in [3.63, 3.8) is 0 Å². The summed E-state index contributed by atoms with van der Waals surface area (Å²) in [6.07, 6.45) is 0. The quantitative estimate of drug-likeness (QED) is 0.457. The van der Waals surface area contributed by atoms with E-state index in [4.69, 9.17) is 9.20 Å². The van der Waals surface area contributed by atoms with E-state index in [1.165, 1.54) is 0 Å². The molecular weight excluding hydrogens is 135 g/mol. The van der Waals surface area contributed by atoms with E-state index in [2.05, 4.69) is 0 Å². The van der Waals surface area contributed by atoms with Gasteiger partial charge < -0.3 is 0 Å². The molecule has 0 radical (unpaired) electrons. The Labute approximate surface area is 35.7 Å². The van der Waals surface area contributed by atoms with Gasteiger partial charge in [-0.1, -0.05) is 0 Å². The van der Waals surface area contributed by atoms with Crippen molar-refractivity contribution in [1.29, 1.82) is 0 Å². The zero-order valence-corrected chi connectivity index (χ0v) is 4.40. The van der Waals surface area contributed by atoms with Crippen molar-refractivity contribution < 1.29 is 14.0 Å². The van der Waals surface area contributed by atoms with Crippen molar-refractivity contribution in [3.05, 3.63) is 0 Å². The Bertz CT molecular complexity index is 42.2. The number of carbonyl (C=O) groups is 1. The molecule has 3 nitrogen and oxygen atoms in total. The molecule has 0 aliphatic rings. The second-order valence-corrected chi connectivity index (χ2v) is 1.78. The Hall–Kier alpha value is -0.0116. The average molecular weight is 138 g/mol. The summed E-state index contributed by atoms with van der Waals surface area (Å²) < 4.78 is 6.60. The van der Waals surface area contributed by atoms with Gasteiger partial charge in [-0.15, -0.1) is 0 Å². The molecule has 1 unspecified atom stereocenters. The van der Waals surface area contributed by atoms with Crippen molar-refractivity contribution >= 4 is 20.9 Å². The summed E-state index contributed by atoms with van der Waals surface area (Å²) in [5.41, 5.74) is 0. The van der Waals surface area contributed by atoms with Gasteiger partial charge in [-0.25, -0.2) is 0 Å². The van der Waals surface area contributed by atoms with Crippen LogP contribution in [0.5, 0.6) is 0 Å². The Morgan fingerprint density at radius 1 is 1.80 bits per heavy atom. The van der Waals surface area contributed by atoms with E-state index in [9.17, 15) is 4.79 Å². The number of hydrogen-bond acceptors (Lipinski definition) is 2. The van der Waals surface area contributed by atoms with Crippen LogP contribution in [0.2, 0.25) is 0 Å². The first-order valence-corrected chi connectivity index (χ1v) is 2.89. The molecule has 0 aromatic heterocycles. The molecule has 0 aliphatic carbocycles. The van der Waals surface area contributed by atoms with Crippen LogP contribution in [0.3, 0.4) is 0 Å². The second kappa shape index (κ2) is 2.24. The molecule has 2 N–H and O–H groups in total. The van der Waals surface area contributed by atoms with Gasteiger partial charge in [0.15, 0.2) is 0 Å². The van der Waals surface area contributed by atoms with Gasteiger partial charge in [0.2, 0.25) is 0 Å². The predicted molar refractivity (Wildman–Crippen MR) is 17.4 cm³/mol. The van der Waals surface area contributed by atoms with Gasteiger partial charge in [0, 0.05) is 0 Å². The summed E-state index contributed by atoms with van der Waals surface area (Å²) in [6, 6.07) is 0. The van der Waals surface area contributed by atoms with Crippen molar-refractivity contribution in [2.24, 2.45) is 0 Å². The summed E-state index contributed by atoms with van der Waals surface area (Å²) >= 11 is -1.64. The molecule has 0 rings (SSSR count). The standard InChI is InChI=1S/CH3AsO3/c3-1(4)2-5/h2,5H,(H,3,4). The van der Waals surface area contributed by atoms with E-state index >= 15 is 0 Å². The summed E-state index contributed by atoms with van der Waals surface area (Å²) in [7, 11) is 0. The molecule has 0 fully saturated rings. The minimum absolute atomic E-state index is 1.06. The van der Waals surface area contributed by atoms with Crippen molar-refractivity contribution in [3.8, 4) is 0 Å². The van der Waals surface area contributed by atoms with Crippen molar-refractivity contribution in [2.75, 3.05) is 0 Å². The maximum atomic E-state index is 9.17. The molecule has 0 bridgehead atoms. The molecule has 5 heavy (non-hydrogen) atoms. The van der Waals surface area contributed by atoms with Crippen LogP contribution in [0.1, 0.15) is 0 Å². The zero-order valence-electron chi connectivity index (χ0n) is 2.30. The molecule has 0 aromatic carbocycles. The Morgan fingerprint density at radius 2 is 2.00 bits per heavy atom. The fraction of sp³-hybridized carbons (Fsp3) is 0. The van der Waals surface area contributed by atoms with Gasteiger partial charge in [0.05, 0.1) is 0 Å². The minimum atomic E-state index is -1.64. The Balaban J connectivity index is 2.85. The first-order chi connectivity index (χ1) is 2.27. The normalized spacial score (nSPS) is 9.80. The predicted octanol–water partition coefficient (Wildman–Crippen LogP) is -0.992. The number of rotatable bonds is 1. The summed E-state index contributed by atoms with van der Waals surface area (Å²) in [4.78, 5) is 9.17. The first-order valence-electron chi connectivity index (χ1n) is 0.901. The van der Waals surface area contributed by atoms with Crippen LogP contribution in [0.4, 0.5) is 4.79 Å². The van der Waals surface area contributed by atoms with Crippen LogP contribution in [-0.2, 0) is 0 Å². The number of carboxylic acid groups (broad SMARTS) is 1. The van der Waals surface area contributed by atoms with Crippen LogP contribution < -0.4 is 0 Å². The van der Waals surface area contributed by atoms with E-state index in [0.29, 0.717) is 0 Å². The fourth-order valence-corrected chi connectivity index (χ4v) is 0. The molecule has 30 valence electrons. The molecule has 0 spiro atoms. The molecule has 0 saturated carbocycles. The molecule has 0 heterocycles. The molecule has 0 aromatic rings. The summed E-state index contributed by atoms with van der Waals surface area (Å²) in [6.45, 7) is 0. The third-order valence-corrected chi connectivity index (χ3v) is 0.497. The molecule has 0 aliphatic heterocycles. The third-order valence-electron chi connectivity index (χ3n) is 0.0956. The first kappa shape index (κ1) is 4.99. The zero-order chi connectivity index (χ0) is 4.28.